The predicted molar refractivity (Wildman–Crippen MR) is 71.5 cm³/mol. The molecular formula is C14H10N4O2. The van der Waals surface area contributed by atoms with Crippen molar-refractivity contribution < 1.29 is 9.90 Å². The maximum Gasteiger partial charge on any atom is 0.356 e. The van der Waals surface area contributed by atoms with Crippen molar-refractivity contribution in [1.82, 2.24) is 19.7 Å². The molecule has 0 saturated heterocycles. The van der Waals surface area contributed by atoms with Crippen LogP contribution in [0.4, 0.5) is 0 Å². The molecule has 3 rings (SSSR count). The molecule has 0 aliphatic rings. The van der Waals surface area contributed by atoms with E-state index in [9.17, 15) is 4.79 Å². The van der Waals surface area contributed by atoms with Gasteiger partial charge in [0.25, 0.3) is 0 Å². The van der Waals surface area contributed by atoms with Gasteiger partial charge in [-0.15, -0.1) is 0 Å². The lowest BCUT2D eigenvalue weighted by molar-refractivity contribution is 0.0690. The largest absolute Gasteiger partial charge is 0.476 e. The van der Waals surface area contributed by atoms with Crippen LogP contribution in [0.15, 0.2) is 54.9 Å². The number of aromatic nitrogens is 4. The number of carboxylic acids is 1. The van der Waals surface area contributed by atoms with Crippen molar-refractivity contribution in [2.75, 3.05) is 0 Å². The van der Waals surface area contributed by atoms with E-state index in [0.29, 0.717) is 17.2 Å². The molecule has 3 aromatic rings. The molecule has 0 radical (unpaired) electrons. The van der Waals surface area contributed by atoms with Gasteiger partial charge in [-0.1, -0.05) is 12.1 Å². The third-order valence-corrected chi connectivity index (χ3v) is 2.72. The van der Waals surface area contributed by atoms with Crippen LogP contribution < -0.4 is 0 Å². The predicted octanol–water partition coefficient (Wildman–Crippen LogP) is 2.03. The number of carboxylic acid groups (broad SMARTS) is 1. The van der Waals surface area contributed by atoms with Crippen LogP contribution in [0.2, 0.25) is 0 Å². The first-order valence-electron chi connectivity index (χ1n) is 5.92. The van der Waals surface area contributed by atoms with Gasteiger partial charge in [-0.3, -0.25) is 4.98 Å². The highest BCUT2D eigenvalue weighted by atomic mass is 16.4. The molecule has 0 aliphatic carbocycles. The fourth-order valence-corrected chi connectivity index (χ4v) is 1.84. The quantitative estimate of drug-likeness (QED) is 0.784. The van der Waals surface area contributed by atoms with Crippen molar-refractivity contribution in [2.24, 2.45) is 0 Å². The minimum atomic E-state index is -1.09. The minimum absolute atomic E-state index is 0.0451. The van der Waals surface area contributed by atoms with E-state index in [1.165, 1.54) is 10.7 Å². The molecule has 0 fully saturated rings. The highest BCUT2D eigenvalue weighted by Gasteiger charge is 2.16. The van der Waals surface area contributed by atoms with Gasteiger partial charge in [0.05, 0.1) is 11.4 Å². The number of carbonyl (C=O) groups is 1. The van der Waals surface area contributed by atoms with Gasteiger partial charge in [0.2, 0.25) is 0 Å². The number of hydrogen-bond donors (Lipinski definition) is 1. The van der Waals surface area contributed by atoms with Crippen molar-refractivity contribution >= 4 is 5.97 Å². The van der Waals surface area contributed by atoms with Gasteiger partial charge in [-0.25, -0.2) is 14.5 Å². The van der Waals surface area contributed by atoms with Crippen LogP contribution in [0.25, 0.3) is 17.2 Å². The van der Waals surface area contributed by atoms with E-state index < -0.39 is 5.97 Å². The van der Waals surface area contributed by atoms with Crippen LogP contribution >= 0.6 is 0 Å². The fraction of sp³-hybridized carbons (Fsp3) is 0. The van der Waals surface area contributed by atoms with E-state index in [1.54, 1.807) is 36.7 Å². The monoisotopic (exact) mass is 266 g/mol. The summed E-state index contributed by atoms with van der Waals surface area (Å²) in [5.41, 5.74) is 1.18. The zero-order valence-corrected chi connectivity index (χ0v) is 10.3. The highest BCUT2D eigenvalue weighted by Crippen LogP contribution is 2.21. The average molecular weight is 266 g/mol. The minimum Gasteiger partial charge on any atom is -0.476 e. The molecule has 0 unspecified atom stereocenters. The molecule has 3 aromatic heterocycles. The van der Waals surface area contributed by atoms with Crippen LogP contribution in [0.1, 0.15) is 10.5 Å². The third kappa shape index (κ3) is 2.14. The maximum atomic E-state index is 11.1. The van der Waals surface area contributed by atoms with E-state index >= 15 is 0 Å². The van der Waals surface area contributed by atoms with Gasteiger partial charge in [0, 0.05) is 18.5 Å². The van der Waals surface area contributed by atoms with Gasteiger partial charge < -0.3 is 5.11 Å². The van der Waals surface area contributed by atoms with Crippen molar-refractivity contribution in [3.63, 3.8) is 0 Å². The normalized spacial score (nSPS) is 10.4. The summed E-state index contributed by atoms with van der Waals surface area (Å²) in [4.78, 5) is 19.5. The van der Waals surface area contributed by atoms with Crippen molar-refractivity contribution in [1.29, 1.82) is 0 Å². The molecule has 0 saturated carbocycles. The highest BCUT2D eigenvalue weighted by molar-refractivity contribution is 5.87. The van der Waals surface area contributed by atoms with E-state index in [1.807, 2.05) is 12.1 Å². The second-order valence-corrected chi connectivity index (χ2v) is 4.03. The van der Waals surface area contributed by atoms with E-state index in [4.69, 9.17) is 5.11 Å². The average Bonchev–Trinajstić information content (AvgIpc) is 2.94. The van der Waals surface area contributed by atoms with E-state index in [-0.39, 0.29) is 5.69 Å². The summed E-state index contributed by atoms with van der Waals surface area (Å²) in [6, 6.07) is 12.3. The number of hydrogen-bond acceptors (Lipinski definition) is 4. The standard InChI is InChI=1S/C14H10N4O2/c19-14(20)11-9-12(10-5-1-3-7-15-10)18(17-11)13-6-2-4-8-16-13/h1-9H,(H,19,20). The van der Waals surface area contributed by atoms with Gasteiger partial charge >= 0.3 is 5.97 Å². The van der Waals surface area contributed by atoms with Gasteiger partial charge in [-0.05, 0) is 24.3 Å². The van der Waals surface area contributed by atoms with Gasteiger partial charge in [0.15, 0.2) is 11.5 Å². The Kier molecular flexibility index (Phi) is 2.96. The molecular weight excluding hydrogens is 256 g/mol. The molecule has 3 heterocycles. The molecule has 6 heteroatoms. The molecule has 0 aromatic carbocycles. The molecule has 1 N–H and O–H groups in total. The topological polar surface area (TPSA) is 80.9 Å². The number of pyridine rings is 2. The fourth-order valence-electron chi connectivity index (χ4n) is 1.84. The SMILES string of the molecule is O=C(O)c1cc(-c2ccccn2)n(-c2ccccn2)n1. The number of rotatable bonds is 3. The van der Waals surface area contributed by atoms with Crippen LogP contribution in [0.3, 0.4) is 0 Å². The smallest absolute Gasteiger partial charge is 0.356 e. The summed E-state index contributed by atoms with van der Waals surface area (Å²) in [5, 5.41) is 13.2. The third-order valence-electron chi connectivity index (χ3n) is 2.72. The molecule has 6 nitrogen and oxygen atoms in total. The van der Waals surface area contributed by atoms with E-state index in [2.05, 4.69) is 15.1 Å². The lowest BCUT2D eigenvalue weighted by Crippen LogP contribution is -2.04. The molecule has 20 heavy (non-hydrogen) atoms. The summed E-state index contributed by atoms with van der Waals surface area (Å²) >= 11 is 0. The lowest BCUT2D eigenvalue weighted by atomic mass is 10.2. The first-order valence-corrected chi connectivity index (χ1v) is 5.92. The van der Waals surface area contributed by atoms with E-state index in [0.717, 1.165) is 0 Å². The summed E-state index contributed by atoms with van der Waals surface area (Å²) in [5.74, 6) is -0.544. The van der Waals surface area contributed by atoms with Crippen molar-refractivity contribution in [3.8, 4) is 17.2 Å². The first-order chi connectivity index (χ1) is 9.75. The number of aromatic carboxylic acids is 1. The summed E-state index contributed by atoms with van der Waals surface area (Å²) in [6.07, 6.45) is 3.27. The second kappa shape index (κ2) is 4.93. The Morgan fingerprint density at radius 3 is 2.40 bits per heavy atom. The number of nitrogens with zero attached hydrogens (tertiary/aromatic N) is 4. The Balaban J connectivity index is 2.20. The molecule has 0 atom stereocenters. The van der Waals surface area contributed by atoms with Crippen LogP contribution in [0, 0.1) is 0 Å². The van der Waals surface area contributed by atoms with Crippen molar-refractivity contribution in [3.05, 3.63) is 60.6 Å². The molecule has 0 bridgehead atoms. The van der Waals surface area contributed by atoms with Crippen LogP contribution in [-0.2, 0) is 0 Å². The van der Waals surface area contributed by atoms with Gasteiger partial charge in [-0.2, -0.15) is 5.10 Å². The Morgan fingerprint density at radius 2 is 1.80 bits per heavy atom. The molecule has 0 aliphatic heterocycles. The summed E-state index contributed by atoms with van der Waals surface area (Å²) < 4.78 is 1.48. The molecule has 0 amide bonds. The second-order valence-electron chi connectivity index (χ2n) is 4.03. The van der Waals surface area contributed by atoms with Crippen LogP contribution in [-0.4, -0.2) is 30.8 Å². The first kappa shape index (κ1) is 12.0. The molecule has 0 spiro atoms. The Hall–Kier alpha value is -3.02. The Labute approximate surface area is 114 Å². The lowest BCUT2D eigenvalue weighted by Gasteiger charge is -2.05. The summed E-state index contributed by atoms with van der Waals surface area (Å²) in [7, 11) is 0. The van der Waals surface area contributed by atoms with Crippen LogP contribution in [0.5, 0.6) is 0 Å². The van der Waals surface area contributed by atoms with Gasteiger partial charge in [0.1, 0.15) is 0 Å². The zero-order valence-electron chi connectivity index (χ0n) is 10.3. The Bertz CT molecular complexity index is 681. The molecule has 98 valence electrons. The zero-order chi connectivity index (χ0) is 13.9. The van der Waals surface area contributed by atoms with Crippen molar-refractivity contribution in [2.45, 2.75) is 0 Å². The Morgan fingerprint density at radius 1 is 1.05 bits per heavy atom. The summed E-state index contributed by atoms with van der Waals surface area (Å²) in [6.45, 7) is 0. The maximum absolute atomic E-state index is 11.1.